The molecule has 0 amide bonds. The van der Waals surface area contributed by atoms with Gasteiger partial charge in [-0.15, -0.1) is 35.3 Å². The van der Waals surface area contributed by atoms with Crippen LogP contribution in [0.3, 0.4) is 0 Å². The van der Waals surface area contributed by atoms with Gasteiger partial charge in [-0.3, -0.25) is 10.1 Å². The maximum Gasteiger partial charge on any atom is 0.269 e. The number of nitro groups is 1. The molecule has 1 heterocycles. The molecule has 0 atom stereocenters. The molecule has 6 nitrogen and oxygen atoms in total. The van der Waals surface area contributed by atoms with Crippen molar-refractivity contribution in [3.8, 4) is 0 Å². The van der Waals surface area contributed by atoms with Gasteiger partial charge >= 0.3 is 0 Å². The summed E-state index contributed by atoms with van der Waals surface area (Å²) in [6, 6.07) is 10.5. The van der Waals surface area contributed by atoms with Crippen LogP contribution in [0.15, 0.2) is 46.8 Å². The highest BCUT2D eigenvalue weighted by Gasteiger charge is 2.04. The van der Waals surface area contributed by atoms with E-state index in [1.807, 2.05) is 18.4 Å². The number of hydrogen-bond acceptors (Lipinski definition) is 4. The van der Waals surface area contributed by atoms with Gasteiger partial charge in [0.2, 0.25) is 0 Å². The molecule has 0 saturated heterocycles. The second-order valence-corrected chi connectivity index (χ2v) is 5.58. The Kier molecular flexibility index (Phi) is 8.56. The van der Waals surface area contributed by atoms with Crippen LogP contribution in [0.25, 0.3) is 0 Å². The number of non-ortho nitro benzene ring substituents is 1. The lowest BCUT2D eigenvalue weighted by Crippen LogP contribution is -2.36. The van der Waals surface area contributed by atoms with Crippen molar-refractivity contribution < 1.29 is 4.92 Å². The van der Waals surface area contributed by atoms with E-state index < -0.39 is 4.92 Å². The largest absolute Gasteiger partial charge is 0.357 e. The topological polar surface area (TPSA) is 79.6 Å². The van der Waals surface area contributed by atoms with E-state index in [0.717, 1.165) is 24.6 Å². The van der Waals surface area contributed by atoms with Crippen LogP contribution in [0.5, 0.6) is 0 Å². The van der Waals surface area contributed by atoms with Gasteiger partial charge in [0, 0.05) is 23.6 Å². The van der Waals surface area contributed by atoms with Gasteiger partial charge in [0.15, 0.2) is 5.96 Å². The normalized spacial score (nSPS) is 10.7. The van der Waals surface area contributed by atoms with E-state index in [4.69, 9.17) is 0 Å². The summed E-state index contributed by atoms with van der Waals surface area (Å²) in [4.78, 5) is 15.9. The summed E-state index contributed by atoms with van der Waals surface area (Å²) >= 11 is 1.69. The highest BCUT2D eigenvalue weighted by Crippen LogP contribution is 2.12. The van der Waals surface area contributed by atoms with Gasteiger partial charge < -0.3 is 10.6 Å². The smallest absolute Gasteiger partial charge is 0.269 e. The zero-order valence-corrected chi connectivity index (χ0v) is 15.8. The summed E-state index contributed by atoms with van der Waals surface area (Å²) < 4.78 is 0. The Morgan fingerprint density at radius 1 is 1.26 bits per heavy atom. The highest BCUT2D eigenvalue weighted by molar-refractivity contribution is 14.0. The predicted molar refractivity (Wildman–Crippen MR) is 104 cm³/mol. The Morgan fingerprint density at radius 2 is 2.00 bits per heavy atom. The Hall–Kier alpha value is -1.68. The van der Waals surface area contributed by atoms with Crippen LogP contribution in [-0.2, 0) is 13.1 Å². The van der Waals surface area contributed by atoms with Crippen LogP contribution in [-0.4, -0.2) is 17.4 Å². The number of nitro benzene ring substituents is 1. The summed E-state index contributed by atoms with van der Waals surface area (Å²) in [5, 5.41) is 19.1. The molecule has 1 aromatic heterocycles. The van der Waals surface area contributed by atoms with Crippen molar-refractivity contribution in [3.05, 3.63) is 62.3 Å². The van der Waals surface area contributed by atoms with E-state index >= 15 is 0 Å². The first-order valence-electron chi connectivity index (χ1n) is 6.97. The maximum absolute atomic E-state index is 10.6. The lowest BCUT2D eigenvalue weighted by atomic mass is 10.2. The summed E-state index contributed by atoms with van der Waals surface area (Å²) in [6.45, 7) is 3.98. The minimum absolute atomic E-state index is 0. The molecule has 0 spiro atoms. The molecule has 1 aromatic carbocycles. The average molecular weight is 446 g/mol. The zero-order valence-electron chi connectivity index (χ0n) is 12.7. The van der Waals surface area contributed by atoms with Crippen LogP contribution < -0.4 is 10.6 Å². The van der Waals surface area contributed by atoms with E-state index in [0.29, 0.717) is 6.54 Å². The standard InChI is InChI=1S/C15H18N4O2S.HI/c1-2-16-15(18-11-14-4-3-9-22-14)17-10-12-5-7-13(8-6-12)19(20)21;/h3-9H,2,10-11H2,1H3,(H2,16,17,18);1H. The second-order valence-electron chi connectivity index (χ2n) is 4.55. The van der Waals surface area contributed by atoms with Crippen LogP contribution in [0.1, 0.15) is 17.4 Å². The molecule has 2 aromatic rings. The molecule has 0 aliphatic heterocycles. The van der Waals surface area contributed by atoms with Gasteiger partial charge in [0.1, 0.15) is 0 Å². The lowest BCUT2D eigenvalue weighted by molar-refractivity contribution is -0.384. The number of benzene rings is 1. The van der Waals surface area contributed by atoms with Crippen molar-refractivity contribution >= 4 is 47.0 Å². The molecule has 0 saturated carbocycles. The molecular formula is C15H19IN4O2S. The summed E-state index contributed by atoms with van der Waals surface area (Å²) in [6.07, 6.45) is 0. The number of nitrogens with zero attached hydrogens (tertiary/aromatic N) is 2. The first kappa shape index (κ1) is 19.4. The number of guanidine groups is 1. The Bertz CT molecular complexity index is 629. The van der Waals surface area contributed by atoms with Crippen LogP contribution in [0.2, 0.25) is 0 Å². The molecule has 23 heavy (non-hydrogen) atoms. The highest BCUT2D eigenvalue weighted by atomic mass is 127. The minimum atomic E-state index is -0.403. The van der Waals surface area contributed by atoms with Gasteiger partial charge in [-0.2, -0.15) is 0 Å². The fourth-order valence-electron chi connectivity index (χ4n) is 1.82. The molecule has 0 aliphatic rings. The molecule has 2 rings (SSSR count). The third-order valence-corrected chi connectivity index (χ3v) is 3.80. The Morgan fingerprint density at radius 3 is 2.57 bits per heavy atom. The number of aliphatic imine (C=N–C) groups is 1. The predicted octanol–water partition coefficient (Wildman–Crippen LogP) is 3.53. The van der Waals surface area contributed by atoms with Gasteiger partial charge in [-0.05, 0) is 23.9 Å². The van der Waals surface area contributed by atoms with Crippen molar-refractivity contribution in [1.29, 1.82) is 0 Å². The van der Waals surface area contributed by atoms with Gasteiger partial charge in [0.25, 0.3) is 5.69 Å². The molecule has 0 bridgehead atoms. The molecule has 0 radical (unpaired) electrons. The molecular weight excluding hydrogens is 427 g/mol. The third kappa shape index (κ3) is 6.53. The number of rotatable bonds is 6. The number of thiophene rings is 1. The number of hydrogen-bond donors (Lipinski definition) is 2. The van der Waals surface area contributed by atoms with E-state index in [1.165, 1.54) is 17.0 Å². The van der Waals surface area contributed by atoms with E-state index in [-0.39, 0.29) is 29.7 Å². The van der Waals surface area contributed by atoms with Crippen molar-refractivity contribution in [2.75, 3.05) is 6.54 Å². The van der Waals surface area contributed by atoms with E-state index in [9.17, 15) is 10.1 Å². The average Bonchev–Trinajstić information content (AvgIpc) is 3.04. The van der Waals surface area contributed by atoms with Crippen molar-refractivity contribution in [1.82, 2.24) is 10.6 Å². The molecule has 124 valence electrons. The SMILES string of the molecule is CCNC(=NCc1ccc([N+](=O)[O-])cc1)NCc1cccs1.I. The lowest BCUT2D eigenvalue weighted by Gasteiger charge is -2.10. The maximum atomic E-state index is 10.6. The fraction of sp³-hybridized carbons (Fsp3) is 0.267. The van der Waals surface area contributed by atoms with E-state index in [2.05, 4.69) is 21.7 Å². The van der Waals surface area contributed by atoms with Gasteiger partial charge in [0.05, 0.1) is 18.0 Å². The monoisotopic (exact) mass is 446 g/mol. The van der Waals surface area contributed by atoms with Crippen molar-refractivity contribution in [2.45, 2.75) is 20.0 Å². The zero-order chi connectivity index (χ0) is 15.8. The Labute approximate surface area is 156 Å². The summed E-state index contributed by atoms with van der Waals surface area (Å²) in [7, 11) is 0. The van der Waals surface area contributed by atoms with Gasteiger partial charge in [-0.25, -0.2) is 4.99 Å². The minimum Gasteiger partial charge on any atom is -0.357 e. The number of nitrogens with one attached hydrogen (secondary N) is 2. The molecule has 0 unspecified atom stereocenters. The second kappa shape index (κ2) is 10.2. The molecule has 8 heteroatoms. The summed E-state index contributed by atoms with van der Waals surface area (Å²) in [5.74, 6) is 0.731. The molecule has 2 N–H and O–H groups in total. The van der Waals surface area contributed by atoms with Crippen LogP contribution >= 0.6 is 35.3 Å². The van der Waals surface area contributed by atoms with Crippen LogP contribution in [0.4, 0.5) is 5.69 Å². The molecule has 0 fully saturated rings. The van der Waals surface area contributed by atoms with Crippen LogP contribution in [0, 0.1) is 10.1 Å². The quantitative estimate of drug-likeness (QED) is 0.234. The number of halogens is 1. The fourth-order valence-corrected chi connectivity index (χ4v) is 2.46. The van der Waals surface area contributed by atoms with Crippen molar-refractivity contribution in [3.63, 3.8) is 0 Å². The summed E-state index contributed by atoms with van der Waals surface area (Å²) in [5.41, 5.74) is 1.02. The first-order chi connectivity index (χ1) is 10.7. The Balaban J connectivity index is 0.00000264. The van der Waals surface area contributed by atoms with Crippen molar-refractivity contribution in [2.24, 2.45) is 4.99 Å². The third-order valence-electron chi connectivity index (χ3n) is 2.92. The molecule has 0 aliphatic carbocycles. The van der Waals surface area contributed by atoms with E-state index in [1.54, 1.807) is 23.5 Å². The first-order valence-corrected chi connectivity index (χ1v) is 7.85. The van der Waals surface area contributed by atoms with Gasteiger partial charge in [-0.1, -0.05) is 18.2 Å².